The molecule has 2 aromatic rings. The second-order valence-corrected chi connectivity index (χ2v) is 5.90. The lowest BCUT2D eigenvalue weighted by Crippen LogP contribution is -2.32. The SMILES string of the molecule is O=C1C(Cl)=C(Nc2ccc(Br)cc2)C(=O)N1c1ccccc1. The zero-order valence-electron chi connectivity index (χ0n) is 11.2. The molecule has 2 amide bonds. The number of amides is 2. The molecule has 0 radical (unpaired) electrons. The number of carbonyl (C=O) groups is 2. The van der Waals surface area contributed by atoms with Crippen molar-refractivity contribution in [2.75, 3.05) is 10.2 Å². The largest absolute Gasteiger partial charge is 0.350 e. The number of hydrogen-bond donors (Lipinski definition) is 1. The fraction of sp³-hybridized carbons (Fsp3) is 0. The number of hydrogen-bond acceptors (Lipinski definition) is 3. The van der Waals surface area contributed by atoms with Crippen molar-refractivity contribution >= 4 is 50.7 Å². The Morgan fingerprint density at radius 2 is 1.55 bits per heavy atom. The summed E-state index contributed by atoms with van der Waals surface area (Å²) in [4.78, 5) is 25.8. The number of para-hydroxylation sites is 1. The van der Waals surface area contributed by atoms with Crippen molar-refractivity contribution < 1.29 is 9.59 Å². The normalized spacial score (nSPS) is 14.7. The highest BCUT2D eigenvalue weighted by atomic mass is 79.9. The number of carbonyl (C=O) groups excluding carboxylic acids is 2. The van der Waals surface area contributed by atoms with Gasteiger partial charge in [0, 0.05) is 10.2 Å². The van der Waals surface area contributed by atoms with Crippen LogP contribution in [0.2, 0.25) is 0 Å². The molecule has 0 bridgehead atoms. The summed E-state index contributed by atoms with van der Waals surface area (Å²) in [6.07, 6.45) is 0. The monoisotopic (exact) mass is 376 g/mol. The van der Waals surface area contributed by atoms with Crippen LogP contribution in [0, 0.1) is 0 Å². The van der Waals surface area contributed by atoms with Crippen LogP contribution in [0.25, 0.3) is 0 Å². The van der Waals surface area contributed by atoms with Crippen LogP contribution in [0.3, 0.4) is 0 Å². The van der Waals surface area contributed by atoms with E-state index in [1.54, 1.807) is 36.4 Å². The van der Waals surface area contributed by atoms with E-state index in [1.807, 2.05) is 18.2 Å². The van der Waals surface area contributed by atoms with Crippen LogP contribution in [-0.4, -0.2) is 11.8 Å². The van der Waals surface area contributed by atoms with E-state index in [4.69, 9.17) is 11.6 Å². The van der Waals surface area contributed by atoms with Crippen LogP contribution < -0.4 is 10.2 Å². The van der Waals surface area contributed by atoms with Gasteiger partial charge in [-0.25, -0.2) is 4.90 Å². The minimum atomic E-state index is -0.530. The van der Waals surface area contributed by atoms with E-state index in [-0.39, 0.29) is 10.7 Å². The van der Waals surface area contributed by atoms with Crippen LogP contribution in [0.5, 0.6) is 0 Å². The molecule has 110 valence electrons. The fourth-order valence-corrected chi connectivity index (χ4v) is 2.58. The maximum Gasteiger partial charge on any atom is 0.283 e. The van der Waals surface area contributed by atoms with Gasteiger partial charge in [-0.3, -0.25) is 9.59 Å². The van der Waals surface area contributed by atoms with Gasteiger partial charge in [-0.05, 0) is 36.4 Å². The molecule has 1 aliphatic heterocycles. The molecule has 0 aromatic heterocycles. The maximum absolute atomic E-state index is 12.5. The molecular weight excluding hydrogens is 368 g/mol. The van der Waals surface area contributed by atoms with Crippen molar-refractivity contribution in [2.24, 2.45) is 0 Å². The summed E-state index contributed by atoms with van der Waals surface area (Å²) in [6, 6.07) is 15.9. The first-order valence-electron chi connectivity index (χ1n) is 6.44. The maximum atomic E-state index is 12.5. The van der Waals surface area contributed by atoms with Gasteiger partial charge in [0.15, 0.2) is 0 Å². The number of halogens is 2. The standard InChI is InChI=1S/C16H10BrClN2O2/c17-10-6-8-11(9-7-10)19-14-13(18)15(21)20(16(14)22)12-4-2-1-3-5-12/h1-9,19H. The van der Waals surface area contributed by atoms with Crippen LogP contribution in [-0.2, 0) is 9.59 Å². The Hall–Kier alpha value is -2.11. The molecule has 3 rings (SSSR count). The summed E-state index contributed by atoms with van der Waals surface area (Å²) in [7, 11) is 0. The Kier molecular flexibility index (Phi) is 4.00. The molecule has 0 aliphatic carbocycles. The predicted octanol–water partition coefficient (Wildman–Crippen LogP) is 3.88. The minimum absolute atomic E-state index is 0.0813. The highest BCUT2D eigenvalue weighted by Crippen LogP contribution is 2.30. The Bertz CT molecular complexity index is 772. The van der Waals surface area contributed by atoms with Crippen LogP contribution in [0.15, 0.2) is 69.8 Å². The molecule has 4 nitrogen and oxygen atoms in total. The lowest BCUT2D eigenvalue weighted by atomic mass is 10.3. The number of rotatable bonds is 3. The van der Waals surface area contributed by atoms with Gasteiger partial charge in [-0.2, -0.15) is 0 Å². The first-order valence-corrected chi connectivity index (χ1v) is 7.61. The molecule has 0 fully saturated rings. The molecule has 22 heavy (non-hydrogen) atoms. The summed E-state index contributed by atoms with van der Waals surface area (Å²) >= 11 is 9.38. The molecule has 0 saturated heterocycles. The zero-order valence-corrected chi connectivity index (χ0v) is 13.6. The van der Waals surface area contributed by atoms with Crippen molar-refractivity contribution in [1.29, 1.82) is 0 Å². The van der Waals surface area contributed by atoms with E-state index < -0.39 is 11.8 Å². The topological polar surface area (TPSA) is 49.4 Å². The summed E-state index contributed by atoms with van der Waals surface area (Å²) < 4.78 is 0.915. The molecule has 1 aliphatic rings. The summed E-state index contributed by atoms with van der Waals surface area (Å²) in [6.45, 7) is 0. The highest BCUT2D eigenvalue weighted by Gasteiger charge is 2.38. The zero-order chi connectivity index (χ0) is 15.7. The fourth-order valence-electron chi connectivity index (χ4n) is 2.10. The molecule has 2 aromatic carbocycles. The van der Waals surface area contributed by atoms with E-state index in [2.05, 4.69) is 21.2 Å². The van der Waals surface area contributed by atoms with E-state index in [0.717, 1.165) is 9.37 Å². The molecule has 1 N–H and O–H groups in total. The summed E-state index contributed by atoms with van der Waals surface area (Å²) in [5, 5.41) is 2.80. The van der Waals surface area contributed by atoms with Gasteiger partial charge in [0.1, 0.15) is 10.7 Å². The quantitative estimate of drug-likeness (QED) is 0.826. The van der Waals surface area contributed by atoms with Crippen molar-refractivity contribution in [3.63, 3.8) is 0 Å². The summed E-state index contributed by atoms with van der Waals surface area (Å²) in [5.41, 5.74) is 1.24. The van der Waals surface area contributed by atoms with Gasteiger partial charge in [0.2, 0.25) is 0 Å². The third-order valence-corrected chi connectivity index (χ3v) is 4.03. The molecule has 0 saturated carbocycles. The number of nitrogens with one attached hydrogen (secondary N) is 1. The van der Waals surface area contributed by atoms with Gasteiger partial charge in [-0.15, -0.1) is 0 Å². The first-order chi connectivity index (χ1) is 10.6. The van der Waals surface area contributed by atoms with Crippen LogP contribution >= 0.6 is 27.5 Å². The van der Waals surface area contributed by atoms with Gasteiger partial charge >= 0.3 is 0 Å². The third kappa shape index (κ3) is 2.65. The van der Waals surface area contributed by atoms with Crippen LogP contribution in [0.4, 0.5) is 11.4 Å². The second kappa shape index (κ2) is 5.94. The Morgan fingerprint density at radius 3 is 2.18 bits per heavy atom. The minimum Gasteiger partial charge on any atom is -0.350 e. The van der Waals surface area contributed by atoms with Gasteiger partial charge in [0.25, 0.3) is 11.8 Å². The first kappa shape index (κ1) is 14.8. The molecule has 0 unspecified atom stereocenters. The molecule has 6 heteroatoms. The van der Waals surface area contributed by atoms with E-state index in [0.29, 0.717) is 11.4 Å². The van der Waals surface area contributed by atoms with Gasteiger partial charge < -0.3 is 5.32 Å². The second-order valence-electron chi connectivity index (χ2n) is 4.60. The molecule has 1 heterocycles. The highest BCUT2D eigenvalue weighted by molar-refractivity contribution is 9.10. The van der Waals surface area contributed by atoms with Crippen LogP contribution in [0.1, 0.15) is 0 Å². The third-order valence-electron chi connectivity index (χ3n) is 3.16. The van der Waals surface area contributed by atoms with E-state index in [1.165, 1.54) is 0 Å². The van der Waals surface area contributed by atoms with Gasteiger partial charge in [-0.1, -0.05) is 45.7 Å². The Morgan fingerprint density at radius 1 is 0.909 bits per heavy atom. The number of benzene rings is 2. The molecule has 0 atom stereocenters. The Balaban J connectivity index is 1.90. The Labute approximate surface area is 140 Å². The predicted molar refractivity (Wildman–Crippen MR) is 89.6 cm³/mol. The van der Waals surface area contributed by atoms with E-state index in [9.17, 15) is 9.59 Å². The number of imide groups is 1. The van der Waals surface area contributed by atoms with Crippen molar-refractivity contribution in [3.05, 3.63) is 69.8 Å². The van der Waals surface area contributed by atoms with Crippen molar-refractivity contribution in [2.45, 2.75) is 0 Å². The number of nitrogens with zero attached hydrogens (tertiary/aromatic N) is 1. The average Bonchev–Trinajstić information content (AvgIpc) is 2.74. The average molecular weight is 378 g/mol. The molecule has 0 spiro atoms. The number of anilines is 2. The lowest BCUT2D eigenvalue weighted by Gasteiger charge is -2.14. The van der Waals surface area contributed by atoms with Crippen molar-refractivity contribution in [3.8, 4) is 0 Å². The van der Waals surface area contributed by atoms with Gasteiger partial charge in [0.05, 0.1) is 5.69 Å². The molecular formula is C16H10BrClN2O2. The smallest absolute Gasteiger partial charge is 0.283 e. The van der Waals surface area contributed by atoms with Crippen molar-refractivity contribution in [1.82, 2.24) is 0 Å². The lowest BCUT2D eigenvalue weighted by molar-refractivity contribution is -0.120. The van der Waals surface area contributed by atoms with E-state index >= 15 is 0 Å². The summed E-state index contributed by atoms with van der Waals surface area (Å²) in [5.74, 6) is -0.999.